The van der Waals surface area contributed by atoms with Gasteiger partial charge in [-0.15, -0.1) is 0 Å². The van der Waals surface area contributed by atoms with Gasteiger partial charge in [0, 0.05) is 32.9 Å². The fourth-order valence-corrected chi connectivity index (χ4v) is 1.96. The zero-order valence-electron chi connectivity index (χ0n) is 11.6. The van der Waals surface area contributed by atoms with E-state index >= 15 is 0 Å². The molecule has 0 aliphatic rings. The molecule has 0 amide bonds. The van der Waals surface area contributed by atoms with Gasteiger partial charge in [-0.1, -0.05) is 24.3 Å². The van der Waals surface area contributed by atoms with Gasteiger partial charge in [0.2, 0.25) is 0 Å². The van der Waals surface area contributed by atoms with Crippen molar-refractivity contribution in [3.63, 3.8) is 0 Å². The third-order valence-corrected chi connectivity index (χ3v) is 3.09. The molecule has 1 N–H and O–H groups in total. The molecular formula is C15H21N3O. The van der Waals surface area contributed by atoms with E-state index in [0.29, 0.717) is 0 Å². The number of rotatable bonds is 7. The van der Waals surface area contributed by atoms with Crippen molar-refractivity contribution in [1.29, 1.82) is 0 Å². The Bertz CT molecular complexity index is 508. The number of benzene rings is 1. The Hall–Kier alpha value is -1.65. The Morgan fingerprint density at radius 1 is 1.32 bits per heavy atom. The average molecular weight is 259 g/mol. The second-order valence-corrected chi connectivity index (χ2v) is 4.63. The second kappa shape index (κ2) is 7.07. The fourth-order valence-electron chi connectivity index (χ4n) is 1.96. The van der Waals surface area contributed by atoms with Crippen LogP contribution in [0.15, 0.2) is 36.8 Å². The smallest absolute Gasteiger partial charge is 0.0953 e. The lowest BCUT2D eigenvalue weighted by Crippen LogP contribution is -2.18. The van der Waals surface area contributed by atoms with Gasteiger partial charge in [-0.25, -0.2) is 4.98 Å². The topological polar surface area (TPSA) is 39.1 Å². The molecule has 0 saturated heterocycles. The maximum Gasteiger partial charge on any atom is 0.0953 e. The van der Waals surface area contributed by atoms with Crippen LogP contribution in [0.1, 0.15) is 16.8 Å². The molecule has 19 heavy (non-hydrogen) atoms. The summed E-state index contributed by atoms with van der Waals surface area (Å²) in [6.07, 6.45) is 3.98. The normalized spacial score (nSPS) is 10.8. The molecule has 0 aliphatic heterocycles. The van der Waals surface area contributed by atoms with Crippen LogP contribution < -0.4 is 5.32 Å². The van der Waals surface area contributed by atoms with Crippen molar-refractivity contribution < 1.29 is 4.74 Å². The predicted octanol–water partition coefficient (Wildman–Crippen LogP) is 1.98. The van der Waals surface area contributed by atoms with E-state index in [0.717, 1.165) is 31.9 Å². The molecule has 0 aliphatic carbocycles. The molecule has 2 aromatic rings. The Morgan fingerprint density at radius 3 is 2.95 bits per heavy atom. The maximum absolute atomic E-state index is 4.99. The Labute approximate surface area is 114 Å². The van der Waals surface area contributed by atoms with E-state index in [1.54, 1.807) is 7.11 Å². The lowest BCUT2D eigenvalue weighted by Gasteiger charge is -2.05. The number of imidazole rings is 1. The average Bonchev–Trinajstić information content (AvgIpc) is 2.85. The number of hydrogen-bond donors (Lipinski definition) is 1. The molecular weight excluding hydrogens is 238 g/mol. The van der Waals surface area contributed by atoms with Gasteiger partial charge in [-0.2, -0.15) is 0 Å². The second-order valence-electron chi connectivity index (χ2n) is 4.63. The summed E-state index contributed by atoms with van der Waals surface area (Å²) < 4.78 is 7.11. The zero-order chi connectivity index (χ0) is 13.5. The van der Waals surface area contributed by atoms with Gasteiger partial charge in [0.15, 0.2) is 0 Å². The van der Waals surface area contributed by atoms with Crippen LogP contribution in [0.3, 0.4) is 0 Å². The summed E-state index contributed by atoms with van der Waals surface area (Å²) in [6, 6.07) is 8.44. The van der Waals surface area contributed by atoms with Crippen molar-refractivity contribution in [3.8, 4) is 0 Å². The molecule has 0 unspecified atom stereocenters. The number of aryl methyl sites for hydroxylation is 1. The van der Waals surface area contributed by atoms with Gasteiger partial charge in [0.25, 0.3) is 0 Å². The molecule has 1 aromatic heterocycles. The van der Waals surface area contributed by atoms with E-state index in [4.69, 9.17) is 4.74 Å². The van der Waals surface area contributed by atoms with E-state index in [1.807, 2.05) is 6.33 Å². The number of nitrogens with one attached hydrogen (secondary N) is 1. The van der Waals surface area contributed by atoms with Crippen LogP contribution in [0.4, 0.5) is 0 Å². The van der Waals surface area contributed by atoms with Crippen LogP contribution >= 0.6 is 0 Å². The molecule has 102 valence electrons. The first-order valence-corrected chi connectivity index (χ1v) is 6.54. The molecule has 0 atom stereocenters. The van der Waals surface area contributed by atoms with Gasteiger partial charge < -0.3 is 14.6 Å². The standard InChI is InChI=1S/C15H21N3O/c1-13-5-3-4-6-14(13)10-18-11-15(17-12-18)9-16-7-8-19-2/h3-6,11-12,16H,7-10H2,1-2H3. The van der Waals surface area contributed by atoms with Crippen LogP contribution in [-0.2, 0) is 17.8 Å². The first-order chi connectivity index (χ1) is 9.29. The third-order valence-electron chi connectivity index (χ3n) is 3.09. The third kappa shape index (κ3) is 4.19. The molecule has 0 radical (unpaired) electrons. The quantitative estimate of drug-likeness (QED) is 0.773. The van der Waals surface area contributed by atoms with Crippen molar-refractivity contribution in [1.82, 2.24) is 14.9 Å². The Balaban J connectivity index is 1.89. The molecule has 0 bridgehead atoms. The SMILES string of the molecule is COCCNCc1cn(Cc2ccccc2C)cn1. The summed E-state index contributed by atoms with van der Waals surface area (Å²) in [6.45, 7) is 5.37. The lowest BCUT2D eigenvalue weighted by atomic mass is 10.1. The molecule has 2 rings (SSSR count). The van der Waals surface area contributed by atoms with Crippen LogP contribution in [0.2, 0.25) is 0 Å². The Morgan fingerprint density at radius 2 is 2.16 bits per heavy atom. The van der Waals surface area contributed by atoms with Crippen LogP contribution in [-0.4, -0.2) is 29.8 Å². The summed E-state index contributed by atoms with van der Waals surface area (Å²) in [5, 5.41) is 3.29. The van der Waals surface area contributed by atoms with Crippen LogP contribution in [0.25, 0.3) is 0 Å². The largest absolute Gasteiger partial charge is 0.383 e. The number of aromatic nitrogens is 2. The van der Waals surface area contributed by atoms with E-state index in [2.05, 4.69) is 52.3 Å². The molecule has 4 heteroatoms. The minimum atomic E-state index is 0.726. The van der Waals surface area contributed by atoms with Gasteiger partial charge in [-0.3, -0.25) is 0 Å². The van der Waals surface area contributed by atoms with Crippen LogP contribution in [0.5, 0.6) is 0 Å². The zero-order valence-corrected chi connectivity index (χ0v) is 11.6. The summed E-state index contributed by atoms with van der Waals surface area (Å²) >= 11 is 0. The van der Waals surface area contributed by atoms with Crippen molar-refractivity contribution in [2.45, 2.75) is 20.0 Å². The van der Waals surface area contributed by atoms with Gasteiger partial charge >= 0.3 is 0 Å². The fraction of sp³-hybridized carbons (Fsp3) is 0.400. The number of nitrogens with zero attached hydrogens (tertiary/aromatic N) is 2. The van der Waals surface area contributed by atoms with Crippen molar-refractivity contribution >= 4 is 0 Å². The van der Waals surface area contributed by atoms with Crippen molar-refractivity contribution in [3.05, 3.63) is 53.6 Å². The molecule has 4 nitrogen and oxygen atoms in total. The van der Waals surface area contributed by atoms with Crippen molar-refractivity contribution in [2.24, 2.45) is 0 Å². The number of ether oxygens (including phenoxy) is 1. The monoisotopic (exact) mass is 259 g/mol. The highest BCUT2D eigenvalue weighted by atomic mass is 16.5. The first kappa shape index (κ1) is 13.8. The molecule has 0 spiro atoms. The van der Waals surface area contributed by atoms with E-state index in [9.17, 15) is 0 Å². The minimum absolute atomic E-state index is 0.726. The summed E-state index contributed by atoms with van der Waals surface area (Å²) in [5.74, 6) is 0. The highest BCUT2D eigenvalue weighted by Crippen LogP contribution is 2.09. The highest BCUT2D eigenvalue weighted by molar-refractivity contribution is 5.25. The first-order valence-electron chi connectivity index (χ1n) is 6.54. The lowest BCUT2D eigenvalue weighted by molar-refractivity contribution is 0.199. The highest BCUT2D eigenvalue weighted by Gasteiger charge is 2.01. The summed E-state index contributed by atoms with van der Waals surface area (Å²) in [7, 11) is 1.71. The number of hydrogen-bond acceptors (Lipinski definition) is 3. The number of methoxy groups -OCH3 is 1. The maximum atomic E-state index is 4.99. The molecule has 0 fully saturated rings. The molecule has 0 saturated carbocycles. The molecule has 1 aromatic carbocycles. The van der Waals surface area contributed by atoms with Gasteiger partial charge in [0.05, 0.1) is 18.6 Å². The minimum Gasteiger partial charge on any atom is -0.383 e. The summed E-state index contributed by atoms with van der Waals surface area (Å²) in [5.41, 5.74) is 3.71. The Kier molecular flexibility index (Phi) is 5.12. The summed E-state index contributed by atoms with van der Waals surface area (Å²) in [4.78, 5) is 4.40. The van der Waals surface area contributed by atoms with E-state index in [1.165, 1.54) is 11.1 Å². The van der Waals surface area contributed by atoms with Gasteiger partial charge in [0.1, 0.15) is 0 Å². The van der Waals surface area contributed by atoms with Crippen molar-refractivity contribution in [2.75, 3.05) is 20.3 Å². The van der Waals surface area contributed by atoms with E-state index < -0.39 is 0 Å². The molecule has 1 heterocycles. The van der Waals surface area contributed by atoms with Gasteiger partial charge in [-0.05, 0) is 18.1 Å². The predicted molar refractivity (Wildman–Crippen MR) is 76.1 cm³/mol. The van der Waals surface area contributed by atoms with Crippen LogP contribution in [0, 0.1) is 6.92 Å². The van der Waals surface area contributed by atoms with E-state index in [-0.39, 0.29) is 0 Å².